The van der Waals surface area contributed by atoms with Crippen molar-refractivity contribution in [2.45, 2.75) is 33.6 Å². The predicted octanol–water partition coefficient (Wildman–Crippen LogP) is 2.61. The van der Waals surface area contributed by atoms with Crippen molar-refractivity contribution in [3.8, 4) is 0 Å². The number of likely N-dealkylation sites (tertiary alicyclic amines) is 1. The Morgan fingerprint density at radius 3 is 2.33 bits per heavy atom. The van der Waals surface area contributed by atoms with Crippen LogP contribution in [0.4, 0.5) is 5.69 Å². The number of piperidine rings is 1. The number of carbonyl (C=O) groups excluding carboxylic acids is 3. The summed E-state index contributed by atoms with van der Waals surface area (Å²) in [5, 5.41) is 5.46. The fourth-order valence-electron chi connectivity index (χ4n) is 3.88. The lowest BCUT2D eigenvalue weighted by Gasteiger charge is -2.32. The van der Waals surface area contributed by atoms with Gasteiger partial charge in [0.25, 0.3) is 5.91 Å². The number of anilines is 1. The van der Waals surface area contributed by atoms with Gasteiger partial charge in [-0.25, -0.2) is 0 Å². The van der Waals surface area contributed by atoms with Crippen molar-refractivity contribution in [2.75, 3.05) is 25.0 Å². The van der Waals surface area contributed by atoms with E-state index in [0.717, 1.165) is 29.5 Å². The van der Waals surface area contributed by atoms with Crippen molar-refractivity contribution in [3.63, 3.8) is 0 Å². The quantitative estimate of drug-likeness (QED) is 0.761. The Kier molecular flexibility index (Phi) is 6.82. The molecule has 0 unspecified atom stereocenters. The summed E-state index contributed by atoms with van der Waals surface area (Å²) in [5.74, 6) is -1.08. The van der Waals surface area contributed by atoms with Crippen LogP contribution in [0.15, 0.2) is 36.7 Å². The molecule has 7 nitrogen and oxygen atoms in total. The Hall–Kier alpha value is -3.22. The maximum absolute atomic E-state index is 12.5. The monoisotopic (exact) mass is 408 g/mol. The van der Waals surface area contributed by atoms with Crippen LogP contribution in [0.1, 0.15) is 39.9 Å². The highest BCUT2D eigenvalue weighted by Gasteiger charge is 2.25. The minimum atomic E-state index is -0.658. The van der Waals surface area contributed by atoms with Crippen LogP contribution in [0.2, 0.25) is 0 Å². The largest absolute Gasteiger partial charge is 0.348 e. The summed E-state index contributed by atoms with van der Waals surface area (Å²) in [4.78, 5) is 42.8. The number of benzene rings is 1. The van der Waals surface area contributed by atoms with E-state index in [1.165, 1.54) is 0 Å². The van der Waals surface area contributed by atoms with Crippen LogP contribution >= 0.6 is 0 Å². The van der Waals surface area contributed by atoms with Crippen LogP contribution in [-0.4, -0.2) is 47.2 Å². The number of amides is 3. The molecule has 0 saturated carbocycles. The number of aromatic nitrogens is 1. The third-order valence-corrected chi connectivity index (χ3v) is 5.48. The van der Waals surface area contributed by atoms with E-state index in [0.29, 0.717) is 30.9 Å². The standard InChI is InChI=1S/C23H28N4O3/c1-15-11-16(2)20(17(3)12-15)26-22(29)21(28)25-13-18-6-9-27(10-7-18)23(30)19-5-4-8-24-14-19/h4-5,8,11-12,14,18H,6-7,9-10,13H2,1-3H3,(H,25,28)(H,26,29). The van der Waals surface area contributed by atoms with E-state index < -0.39 is 11.8 Å². The van der Waals surface area contributed by atoms with E-state index in [2.05, 4.69) is 15.6 Å². The van der Waals surface area contributed by atoms with Crippen LogP contribution in [0.3, 0.4) is 0 Å². The van der Waals surface area contributed by atoms with Crippen LogP contribution in [0.5, 0.6) is 0 Å². The first kappa shape index (κ1) is 21.5. The SMILES string of the molecule is Cc1cc(C)c(NC(=O)C(=O)NCC2CCN(C(=O)c3cccnc3)CC2)c(C)c1. The molecule has 0 aliphatic carbocycles. The van der Waals surface area contributed by atoms with Crippen molar-refractivity contribution in [1.29, 1.82) is 0 Å². The molecule has 2 aromatic rings. The van der Waals surface area contributed by atoms with Crippen molar-refractivity contribution in [3.05, 3.63) is 58.9 Å². The van der Waals surface area contributed by atoms with Gasteiger partial charge in [0.15, 0.2) is 0 Å². The molecule has 1 aliphatic rings. The average Bonchev–Trinajstić information content (AvgIpc) is 2.74. The molecule has 1 aromatic heterocycles. The normalized spacial score (nSPS) is 14.3. The molecule has 7 heteroatoms. The maximum Gasteiger partial charge on any atom is 0.313 e. The van der Waals surface area contributed by atoms with Gasteiger partial charge in [-0.15, -0.1) is 0 Å². The van der Waals surface area contributed by atoms with Crippen LogP contribution in [0.25, 0.3) is 0 Å². The fraction of sp³-hybridized carbons (Fsp3) is 0.391. The lowest BCUT2D eigenvalue weighted by atomic mass is 9.96. The van der Waals surface area contributed by atoms with Gasteiger partial charge < -0.3 is 15.5 Å². The first-order valence-electron chi connectivity index (χ1n) is 10.2. The van der Waals surface area contributed by atoms with E-state index in [1.807, 2.05) is 37.8 Å². The second-order valence-electron chi connectivity index (χ2n) is 7.92. The fourth-order valence-corrected chi connectivity index (χ4v) is 3.88. The molecule has 2 heterocycles. The number of hydrogen-bond acceptors (Lipinski definition) is 4. The minimum Gasteiger partial charge on any atom is -0.348 e. The van der Waals surface area contributed by atoms with E-state index in [9.17, 15) is 14.4 Å². The Morgan fingerprint density at radius 2 is 1.73 bits per heavy atom. The highest BCUT2D eigenvalue weighted by Crippen LogP contribution is 2.22. The Balaban J connectivity index is 1.46. The first-order valence-corrected chi connectivity index (χ1v) is 10.2. The zero-order valence-corrected chi connectivity index (χ0v) is 17.7. The summed E-state index contributed by atoms with van der Waals surface area (Å²) < 4.78 is 0. The summed E-state index contributed by atoms with van der Waals surface area (Å²) in [7, 11) is 0. The summed E-state index contributed by atoms with van der Waals surface area (Å²) >= 11 is 0. The minimum absolute atomic E-state index is 0.0196. The number of nitrogens with zero attached hydrogens (tertiary/aromatic N) is 2. The van der Waals surface area contributed by atoms with E-state index in [-0.39, 0.29) is 11.8 Å². The lowest BCUT2D eigenvalue weighted by Crippen LogP contribution is -2.43. The molecular formula is C23H28N4O3. The third-order valence-electron chi connectivity index (χ3n) is 5.48. The van der Waals surface area contributed by atoms with Crippen molar-refractivity contribution < 1.29 is 14.4 Å². The molecule has 2 N–H and O–H groups in total. The molecule has 30 heavy (non-hydrogen) atoms. The Labute approximate surface area is 176 Å². The van der Waals surface area contributed by atoms with Crippen LogP contribution in [0, 0.1) is 26.7 Å². The van der Waals surface area contributed by atoms with Gasteiger partial charge in [-0.1, -0.05) is 17.7 Å². The molecule has 3 amide bonds. The van der Waals surface area contributed by atoms with Gasteiger partial charge in [-0.2, -0.15) is 0 Å². The number of rotatable bonds is 4. The molecule has 0 bridgehead atoms. The van der Waals surface area contributed by atoms with Crippen LogP contribution in [-0.2, 0) is 9.59 Å². The molecular weight excluding hydrogens is 380 g/mol. The second kappa shape index (κ2) is 9.52. The molecule has 1 saturated heterocycles. The van der Waals surface area contributed by atoms with E-state index in [1.54, 1.807) is 24.5 Å². The average molecular weight is 409 g/mol. The number of hydrogen-bond donors (Lipinski definition) is 2. The van der Waals surface area contributed by atoms with Crippen LogP contribution < -0.4 is 10.6 Å². The van der Waals surface area contributed by atoms with E-state index >= 15 is 0 Å². The molecule has 1 fully saturated rings. The summed E-state index contributed by atoms with van der Waals surface area (Å²) in [6, 6.07) is 7.46. The first-order chi connectivity index (χ1) is 14.3. The second-order valence-corrected chi connectivity index (χ2v) is 7.92. The highest BCUT2D eigenvalue weighted by molar-refractivity contribution is 6.39. The predicted molar refractivity (Wildman–Crippen MR) is 115 cm³/mol. The molecule has 158 valence electrons. The smallest absolute Gasteiger partial charge is 0.313 e. The van der Waals surface area contributed by atoms with Crippen molar-refractivity contribution in [1.82, 2.24) is 15.2 Å². The number of nitrogens with one attached hydrogen (secondary N) is 2. The zero-order valence-electron chi connectivity index (χ0n) is 17.7. The number of carbonyl (C=O) groups is 3. The van der Waals surface area contributed by atoms with Crippen molar-refractivity contribution in [2.24, 2.45) is 5.92 Å². The molecule has 0 atom stereocenters. The summed E-state index contributed by atoms with van der Waals surface area (Å²) in [6.45, 7) is 7.49. The summed E-state index contributed by atoms with van der Waals surface area (Å²) in [6.07, 6.45) is 4.78. The van der Waals surface area contributed by atoms with Gasteiger partial charge in [0.05, 0.1) is 5.56 Å². The summed E-state index contributed by atoms with van der Waals surface area (Å²) in [5.41, 5.74) is 4.24. The third kappa shape index (κ3) is 5.23. The lowest BCUT2D eigenvalue weighted by molar-refractivity contribution is -0.136. The molecule has 0 spiro atoms. The highest BCUT2D eigenvalue weighted by atomic mass is 16.2. The van der Waals surface area contributed by atoms with Gasteiger partial charge in [0.1, 0.15) is 0 Å². The van der Waals surface area contributed by atoms with Crippen molar-refractivity contribution >= 4 is 23.4 Å². The topological polar surface area (TPSA) is 91.4 Å². The Bertz CT molecular complexity index is 912. The van der Waals surface area contributed by atoms with Gasteiger partial charge in [0.2, 0.25) is 0 Å². The zero-order chi connectivity index (χ0) is 21.7. The molecule has 3 rings (SSSR count). The van der Waals surface area contributed by atoms with E-state index in [4.69, 9.17) is 0 Å². The number of pyridine rings is 1. The Morgan fingerprint density at radius 1 is 1.07 bits per heavy atom. The van der Waals surface area contributed by atoms with Gasteiger partial charge >= 0.3 is 11.8 Å². The molecule has 1 aromatic carbocycles. The molecule has 0 radical (unpaired) electrons. The van der Waals surface area contributed by atoms with Gasteiger partial charge in [-0.05, 0) is 62.8 Å². The number of aryl methyl sites for hydroxylation is 3. The maximum atomic E-state index is 12.5. The van der Waals surface area contributed by atoms with Gasteiger partial charge in [-0.3, -0.25) is 19.4 Å². The van der Waals surface area contributed by atoms with Gasteiger partial charge in [0, 0.05) is 37.7 Å². The molecule has 1 aliphatic heterocycles.